The predicted octanol–water partition coefficient (Wildman–Crippen LogP) is 14.5. The number of carbonyl (C=O) groups excluding carboxylic acids is 3. The van der Waals surface area contributed by atoms with E-state index in [9.17, 15) is 14.7 Å². The van der Waals surface area contributed by atoms with Crippen LogP contribution in [-0.4, -0.2) is 106 Å². The molecule has 8 rings (SSSR count). The zero-order valence-electron chi connectivity index (χ0n) is 52.1. The van der Waals surface area contributed by atoms with Crippen molar-refractivity contribution in [2.24, 2.45) is 5.92 Å². The number of amides is 2. The highest BCUT2D eigenvalue weighted by Crippen LogP contribution is 2.42. The summed E-state index contributed by atoms with van der Waals surface area (Å²) in [6.45, 7) is 13.2. The number of ether oxygens (including phenoxy) is 7. The van der Waals surface area contributed by atoms with Gasteiger partial charge in [-0.2, -0.15) is 0 Å². The number of Topliss-reactive ketones (excluding diaryl/α,β-unsaturated/α-hetero) is 1. The number of aliphatic hydroxyl groups is 1. The molecule has 14 heteroatoms. The molecule has 2 amide bonds. The number of benzene rings is 6. The Kier molecular flexibility index (Phi) is 26.1. The Bertz CT molecular complexity index is 2940. The summed E-state index contributed by atoms with van der Waals surface area (Å²) in [5.41, 5.74) is 5.52. The maximum absolute atomic E-state index is 15.3. The van der Waals surface area contributed by atoms with Gasteiger partial charge in [0.15, 0.2) is 8.32 Å². The highest BCUT2D eigenvalue weighted by molar-refractivity contribution is 6.74. The van der Waals surface area contributed by atoms with Crippen molar-refractivity contribution < 1.29 is 57.1 Å². The Balaban J connectivity index is 1.04. The minimum Gasteiger partial charge on any atom is -0.497 e. The van der Waals surface area contributed by atoms with Gasteiger partial charge >= 0.3 is 0 Å². The van der Waals surface area contributed by atoms with E-state index in [1.54, 1.807) is 31.4 Å². The lowest BCUT2D eigenvalue weighted by atomic mass is 9.79. The topological polar surface area (TPSA) is 149 Å². The van der Waals surface area contributed by atoms with Gasteiger partial charge < -0.3 is 42.7 Å². The molecule has 8 atom stereocenters. The monoisotopic (exact) mass is 1200 g/mol. The smallest absolute Gasteiger partial charge is 0.261 e. The summed E-state index contributed by atoms with van der Waals surface area (Å²) in [5.74, 6) is -1.02. The van der Waals surface area contributed by atoms with E-state index in [4.69, 9.17) is 37.6 Å². The molecule has 1 fully saturated rings. The Morgan fingerprint density at radius 1 is 0.586 bits per heavy atom. The number of ketones is 1. The molecule has 466 valence electrons. The van der Waals surface area contributed by atoms with Crippen LogP contribution in [0.25, 0.3) is 0 Å². The number of aliphatic hydroxyl groups excluding tert-OH is 1. The third-order valence-electron chi connectivity index (χ3n) is 17.3. The van der Waals surface area contributed by atoms with Crippen LogP contribution in [0.1, 0.15) is 140 Å². The molecule has 0 spiro atoms. The molecule has 0 aromatic heterocycles. The number of hydrogen-bond acceptors (Lipinski definition) is 12. The van der Waals surface area contributed by atoms with Gasteiger partial charge in [-0.3, -0.25) is 19.3 Å². The predicted molar refractivity (Wildman–Crippen MR) is 342 cm³/mol. The fraction of sp³-hybridized carbons (Fsp3) is 0.466. The van der Waals surface area contributed by atoms with Crippen LogP contribution in [0.3, 0.4) is 0 Å². The second-order valence-corrected chi connectivity index (χ2v) is 29.6. The number of methoxy groups -OCH3 is 1. The minimum atomic E-state index is -2.55. The summed E-state index contributed by atoms with van der Waals surface area (Å²) in [5, 5.41) is 12.5. The molecule has 2 aliphatic heterocycles. The van der Waals surface area contributed by atoms with Crippen molar-refractivity contribution in [2.75, 3.05) is 26.9 Å². The van der Waals surface area contributed by atoms with Crippen LogP contribution >= 0.6 is 0 Å². The van der Waals surface area contributed by atoms with Gasteiger partial charge in [0, 0.05) is 25.4 Å². The van der Waals surface area contributed by atoms with E-state index in [0.29, 0.717) is 37.4 Å². The van der Waals surface area contributed by atoms with Crippen LogP contribution in [-0.2, 0) is 70.7 Å². The number of carbonyl (C=O) groups is 3. The quantitative estimate of drug-likeness (QED) is 0.0225. The summed E-state index contributed by atoms with van der Waals surface area (Å²) < 4.78 is 52.5. The highest BCUT2D eigenvalue weighted by Gasteiger charge is 2.54. The third-order valence-corrected chi connectivity index (χ3v) is 21.8. The van der Waals surface area contributed by atoms with E-state index in [0.717, 1.165) is 91.5 Å². The number of hydrogen-bond donors (Lipinski definition) is 1. The molecular formula is C73H93NO12Si. The summed E-state index contributed by atoms with van der Waals surface area (Å²) >= 11 is 0. The molecule has 1 saturated heterocycles. The third kappa shape index (κ3) is 19.9. The zero-order chi connectivity index (χ0) is 61.4. The van der Waals surface area contributed by atoms with Gasteiger partial charge in [-0.1, -0.05) is 211 Å². The molecule has 2 heterocycles. The van der Waals surface area contributed by atoms with E-state index in [2.05, 4.69) is 33.9 Å². The first-order valence-electron chi connectivity index (χ1n) is 31.4. The fourth-order valence-corrected chi connectivity index (χ4v) is 12.8. The van der Waals surface area contributed by atoms with E-state index in [1.165, 1.54) is 4.90 Å². The van der Waals surface area contributed by atoms with Crippen molar-refractivity contribution >= 4 is 25.9 Å². The normalized spacial score (nSPS) is 19.0. The van der Waals surface area contributed by atoms with Crippen LogP contribution in [0, 0.1) is 5.92 Å². The average molecular weight is 1200 g/mol. The van der Waals surface area contributed by atoms with Gasteiger partial charge in [-0.15, -0.1) is 0 Å². The molecule has 0 unspecified atom stereocenters. The molecule has 6 aromatic carbocycles. The van der Waals surface area contributed by atoms with Crippen molar-refractivity contribution in [2.45, 2.75) is 185 Å². The molecule has 6 aromatic rings. The molecular weight excluding hydrogens is 1110 g/mol. The molecule has 0 bridgehead atoms. The molecule has 0 radical (unpaired) electrons. The first kappa shape index (κ1) is 66.8. The average Bonchev–Trinajstić information content (AvgIpc) is 1.88. The van der Waals surface area contributed by atoms with Crippen molar-refractivity contribution in [3.8, 4) is 5.75 Å². The molecule has 2 aliphatic rings. The first-order chi connectivity index (χ1) is 42.2. The van der Waals surface area contributed by atoms with E-state index in [1.807, 2.05) is 146 Å². The Hall–Kier alpha value is -6.17. The van der Waals surface area contributed by atoms with Crippen LogP contribution in [0.4, 0.5) is 0 Å². The lowest BCUT2D eigenvalue weighted by Crippen LogP contribution is -2.64. The van der Waals surface area contributed by atoms with Crippen molar-refractivity contribution in [3.63, 3.8) is 0 Å². The van der Waals surface area contributed by atoms with Crippen LogP contribution in [0.5, 0.6) is 5.75 Å². The summed E-state index contributed by atoms with van der Waals surface area (Å²) in [4.78, 5) is 46.4. The number of rotatable bonds is 37. The molecule has 87 heavy (non-hydrogen) atoms. The van der Waals surface area contributed by atoms with Crippen molar-refractivity contribution in [1.29, 1.82) is 0 Å². The Labute approximate surface area is 518 Å². The van der Waals surface area contributed by atoms with Gasteiger partial charge in [0.25, 0.3) is 11.8 Å². The highest BCUT2D eigenvalue weighted by atomic mass is 28.4. The van der Waals surface area contributed by atoms with Crippen LogP contribution in [0.15, 0.2) is 170 Å². The van der Waals surface area contributed by atoms with E-state index < -0.39 is 68.7 Å². The second kappa shape index (κ2) is 34.0. The Morgan fingerprint density at radius 2 is 1.07 bits per heavy atom. The van der Waals surface area contributed by atoms with Gasteiger partial charge in [-0.05, 0) is 83.1 Å². The van der Waals surface area contributed by atoms with Crippen LogP contribution in [0.2, 0.25) is 18.1 Å². The number of fused-ring (bicyclic) bond motifs is 1. The first-order valence-corrected chi connectivity index (χ1v) is 34.3. The summed E-state index contributed by atoms with van der Waals surface area (Å²) in [6, 6.07) is 53.3. The number of nitrogens with zero attached hydrogens (tertiary/aromatic N) is 1. The molecule has 13 nitrogen and oxygen atoms in total. The molecule has 0 aliphatic carbocycles. The number of unbranched alkanes of at least 4 members (excludes halogenated alkanes) is 7. The molecule has 0 saturated carbocycles. The van der Waals surface area contributed by atoms with E-state index >= 15 is 4.79 Å². The SMILES string of the molecule is COc1ccc(COCCCCCCCCCC[C@@H]2O[C@H](COCc3ccccc3)[C@@H](CC(=O)C[C@H](O)[C@@H](OCc3ccccc3)[C@@H](COCc3ccccc3)O[Si](C)(C)C(C)(C)C)[C@H](OCc3ccccc3)[C@H]2N2C(=O)c3ccccc3C2=O)cc1. The van der Waals surface area contributed by atoms with Gasteiger partial charge in [0.1, 0.15) is 17.6 Å². The lowest BCUT2D eigenvalue weighted by molar-refractivity contribution is -0.205. The van der Waals surface area contributed by atoms with Gasteiger partial charge in [0.2, 0.25) is 0 Å². The fourth-order valence-electron chi connectivity index (χ4n) is 11.4. The maximum atomic E-state index is 15.3. The van der Waals surface area contributed by atoms with E-state index in [-0.39, 0.29) is 50.1 Å². The Morgan fingerprint density at radius 3 is 1.62 bits per heavy atom. The van der Waals surface area contributed by atoms with Crippen LogP contribution < -0.4 is 4.74 Å². The second-order valence-electron chi connectivity index (χ2n) is 24.9. The lowest BCUT2D eigenvalue weighted by Gasteiger charge is -2.49. The largest absolute Gasteiger partial charge is 0.497 e. The van der Waals surface area contributed by atoms with Gasteiger partial charge in [0.05, 0.1) is 101 Å². The zero-order valence-corrected chi connectivity index (χ0v) is 53.1. The molecule has 1 N–H and O–H groups in total. The standard InChI is InChI=1S/C73H93NO12Si/c1-73(2,3)87(5,6)86-67(53-82-49-55-31-19-14-20-32-55)70(84-51-57-35-23-16-24-36-57)64(76)46-59(75)45-63-66(52-81-48-54-29-17-13-18-30-54)85-65(39-25-11-9-7-8-10-12-28-44-80-47-58-40-42-60(79-4)43-41-58)68(69(63)83-50-56-33-21-15-22-34-56)74-71(77)61-37-26-27-38-62(61)72(74)78/h13-24,26-27,29-38,40-43,63-70,76H,7-12,25,28,39,44-53H2,1-6H3/t63-,64+,65+,66-,67-,68+,69+,70-/m1/s1. The van der Waals surface area contributed by atoms with Crippen molar-refractivity contribution in [3.05, 3.63) is 209 Å². The summed E-state index contributed by atoms with van der Waals surface area (Å²) in [6.07, 6.45) is 2.94. The van der Waals surface area contributed by atoms with Crippen molar-refractivity contribution in [1.82, 2.24) is 4.90 Å². The maximum Gasteiger partial charge on any atom is 0.261 e. The minimum absolute atomic E-state index is 0.0996. The number of imide groups is 1. The van der Waals surface area contributed by atoms with Gasteiger partial charge in [-0.25, -0.2) is 0 Å². The summed E-state index contributed by atoms with van der Waals surface area (Å²) in [7, 11) is -0.883.